The predicted molar refractivity (Wildman–Crippen MR) is 76.3 cm³/mol. The predicted octanol–water partition coefficient (Wildman–Crippen LogP) is 3.48. The van der Waals surface area contributed by atoms with Gasteiger partial charge in [-0.3, -0.25) is 4.79 Å². The minimum Gasteiger partial charge on any atom is -0.297 e. The highest BCUT2D eigenvalue weighted by Gasteiger charge is 2.51. The minimum atomic E-state index is -3.89. The summed E-state index contributed by atoms with van der Waals surface area (Å²) in [6, 6.07) is 0. The highest BCUT2D eigenvalue weighted by molar-refractivity contribution is 7.82. The molecular formula is C14H26O5S. The van der Waals surface area contributed by atoms with E-state index in [1.54, 1.807) is 0 Å². The van der Waals surface area contributed by atoms with Gasteiger partial charge in [-0.2, -0.15) is 8.42 Å². The van der Waals surface area contributed by atoms with Gasteiger partial charge in [0.05, 0.1) is 0 Å². The Hall–Kier alpha value is -0.460. The molecule has 1 rings (SSSR count). The van der Waals surface area contributed by atoms with Crippen LogP contribution in [0.5, 0.6) is 0 Å². The maximum absolute atomic E-state index is 10.8. The van der Waals surface area contributed by atoms with Gasteiger partial charge in [-0.05, 0) is 6.42 Å². The molecule has 20 heavy (non-hydrogen) atoms. The quantitative estimate of drug-likeness (QED) is 0.408. The second kappa shape index (κ2) is 8.74. The first kappa shape index (κ1) is 17.6. The Bertz CT molecular complexity index is 365. The number of unbranched alkanes of at least 4 members (excludes halogenated alkanes) is 9. The van der Waals surface area contributed by atoms with Gasteiger partial charge in [0.2, 0.25) is 0 Å². The lowest BCUT2D eigenvalue weighted by atomic mass is 10.0. The van der Waals surface area contributed by atoms with Gasteiger partial charge in [0.1, 0.15) is 0 Å². The van der Waals surface area contributed by atoms with Crippen LogP contribution >= 0.6 is 0 Å². The third-order valence-corrected chi connectivity index (χ3v) is 4.52. The molecule has 1 aliphatic heterocycles. The van der Waals surface area contributed by atoms with E-state index in [1.807, 2.05) is 0 Å². The van der Waals surface area contributed by atoms with Crippen LogP contribution in [0.2, 0.25) is 0 Å². The first-order valence-electron chi connectivity index (χ1n) is 7.66. The van der Waals surface area contributed by atoms with Crippen molar-refractivity contribution >= 4 is 16.7 Å². The number of carbonyl (C=O) groups excluding carboxylic acids is 1. The summed E-state index contributed by atoms with van der Waals surface area (Å²) in [6.07, 6.45) is 12.6. The van der Waals surface area contributed by atoms with Crippen LogP contribution in [0.3, 0.4) is 0 Å². The Morgan fingerprint density at radius 1 is 0.850 bits per heavy atom. The monoisotopic (exact) mass is 306 g/mol. The van der Waals surface area contributed by atoms with Crippen molar-refractivity contribution in [3.8, 4) is 0 Å². The van der Waals surface area contributed by atoms with Gasteiger partial charge in [-0.1, -0.05) is 64.7 Å². The molecule has 0 aliphatic carbocycles. The van der Waals surface area contributed by atoms with Crippen LogP contribution in [0.4, 0.5) is 0 Å². The molecule has 0 aromatic carbocycles. The first-order valence-corrected chi connectivity index (χ1v) is 8.99. The smallest absolute Gasteiger partial charge is 0.297 e. The molecule has 0 atom stereocenters. The molecular weight excluding hydrogens is 280 g/mol. The summed E-state index contributed by atoms with van der Waals surface area (Å²) < 4.78 is 30.5. The highest BCUT2D eigenvalue weighted by atomic mass is 32.3. The lowest BCUT2D eigenvalue weighted by molar-refractivity contribution is -0.186. The number of rotatable bonds is 12. The Balaban J connectivity index is 1.93. The topological polar surface area (TPSA) is 69.7 Å². The van der Waals surface area contributed by atoms with Crippen molar-refractivity contribution in [1.29, 1.82) is 0 Å². The molecule has 0 aromatic heterocycles. The van der Waals surface area contributed by atoms with Gasteiger partial charge >= 0.3 is 10.4 Å². The van der Waals surface area contributed by atoms with Crippen LogP contribution in [-0.2, 0) is 23.6 Å². The lowest BCUT2D eigenvalue weighted by Crippen LogP contribution is -2.51. The zero-order valence-electron chi connectivity index (χ0n) is 12.3. The maximum atomic E-state index is 10.8. The van der Waals surface area contributed by atoms with E-state index in [9.17, 15) is 13.2 Å². The van der Waals surface area contributed by atoms with Crippen LogP contribution < -0.4 is 0 Å². The Morgan fingerprint density at radius 2 is 1.30 bits per heavy atom. The third-order valence-electron chi connectivity index (χ3n) is 3.54. The average Bonchev–Trinajstić information content (AvgIpc) is 2.38. The zero-order chi connectivity index (χ0) is 14.9. The summed E-state index contributed by atoms with van der Waals surface area (Å²) in [7, 11) is -3.89. The zero-order valence-corrected chi connectivity index (χ0v) is 13.1. The molecule has 1 heterocycles. The summed E-state index contributed by atoms with van der Waals surface area (Å²) in [5.41, 5.74) is 0. The van der Waals surface area contributed by atoms with E-state index in [2.05, 4.69) is 15.3 Å². The standard InChI is InChI=1S/C14H26O5S/c1-2-3-4-5-6-7-8-9-10-11-12-14(13-15)18-20(16,17)19-14/h13H,2-12H2,1H3. The Kier molecular flexibility index (Phi) is 7.69. The van der Waals surface area contributed by atoms with E-state index in [4.69, 9.17) is 0 Å². The van der Waals surface area contributed by atoms with Crippen molar-refractivity contribution in [3.05, 3.63) is 0 Å². The summed E-state index contributed by atoms with van der Waals surface area (Å²) in [5, 5.41) is 0. The molecule has 1 fully saturated rings. The second-order valence-corrected chi connectivity index (χ2v) is 6.59. The Morgan fingerprint density at radius 3 is 1.70 bits per heavy atom. The fourth-order valence-corrected chi connectivity index (χ4v) is 3.34. The van der Waals surface area contributed by atoms with Crippen molar-refractivity contribution in [2.75, 3.05) is 0 Å². The summed E-state index contributed by atoms with van der Waals surface area (Å²) in [5.74, 6) is -1.53. The van der Waals surface area contributed by atoms with Crippen LogP contribution in [-0.4, -0.2) is 20.5 Å². The van der Waals surface area contributed by atoms with Gasteiger partial charge in [0.25, 0.3) is 5.79 Å². The molecule has 1 saturated heterocycles. The molecule has 0 amide bonds. The largest absolute Gasteiger partial charge is 0.406 e. The van der Waals surface area contributed by atoms with E-state index in [-0.39, 0.29) is 0 Å². The van der Waals surface area contributed by atoms with Crippen LogP contribution in [0, 0.1) is 0 Å². The molecule has 0 spiro atoms. The molecule has 0 bridgehead atoms. The van der Waals surface area contributed by atoms with E-state index < -0.39 is 16.2 Å². The van der Waals surface area contributed by atoms with Crippen molar-refractivity contribution < 1.29 is 21.6 Å². The van der Waals surface area contributed by atoms with E-state index in [0.29, 0.717) is 12.7 Å². The molecule has 1 aliphatic rings. The summed E-state index contributed by atoms with van der Waals surface area (Å²) in [6.45, 7) is 2.22. The molecule has 6 heteroatoms. The fraction of sp³-hybridized carbons (Fsp3) is 0.929. The van der Waals surface area contributed by atoms with Crippen molar-refractivity contribution in [2.45, 2.75) is 83.3 Å². The average molecular weight is 306 g/mol. The second-order valence-electron chi connectivity index (χ2n) is 5.44. The van der Waals surface area contributed by atoms with E-state index in [1.165, 1.54) is 44.9 Å². The van der Waals surface area contributed by atoms with Crippen molar-refractivity contribution in [3.63, 3.8) is 0 Å². The van der Waals surface area contributed by atoms with E-state index in [0.717, 1.165) is 19.3 Å². The molecule has 0 N–H and O–H groups in total. The molecule has 118 valence electrons. The molecule has 0 aromatic rings. The van der Waals surface area contributed by atoms with Crippen LogP contribution in [0.1, 0.15) is 77.6 Å². The van der Waals surface area contributed by atoms with Gasteiger partial charge in [-0.25, -0.2) is 8.37 Å². The number of carbonyl (C=O) groups is 1. The van der Waals surface area contributed by atoms with Crippen LogP contribution in [0.15, 0.2) is 0 Å². The van der Waals surface area contributed by atoms with Crippen LogP contribution in [0.25, 0.3) is 0 Å². The first-order chi connectivity index (χ1) is 9.54. The van der Waals surface area contributed by atoms with Crippen molar-refractivity contribution in [2.24, 2.45) is 0 Å². The lowest BCUT2D eigenvalue weighted by Gasteiger charge is -2.34. The number of aldehydes is 1. The Labute approximate surface area is 122 Å². The SMILES string of the molecule is CCCCCCCCCCCCC1(C=O)OS(=O)(=O)O1. The number of hydrogen-bond acceptors (Lipinski definition) is 5. The molecule has 0 radical (unpaired) electrons. The van der Waals surface area contributed by atoms with Gasteiger partial charge in [-0.15, -0.1) is 0 Å². The summed E-state index contributed by atoms with van der Waals surface area (Å²) >= 11 is 0. The fourth-order valence-electron chi connectivity index (χ4n) is 2.39. The van der Waals surface area contributed by atoms with Gasteiger partial charge < -0.3 is 0 Å². The normalized spacial score (nSPS) is 19.4. The highest BCUT2D eigenvalue weighted by Crippen LogP contribution is 2.33. The minimum absolute atomic E-state index is 0.312. The molecule has 0 saturated carbocycles. The van der Waals surface area contributed by atoms with Gasteiger partial charge in [0.15, 0.2) is 6.29 Å². The maximum Gasteiger partial charge on any atom is 0.406 e. The molecule has 5 nitrogen and oxygen atoms in total. The van der Waals surface area contributed by atoms with Gasteiger partial charge in [0, 0.05) is 6.42 Å². The van der Waals surface area contributed by atoms with Crippen molar-refractivity contribution in [1.82, 2.24) is 0 Å². The summed E-state index contributed by atoms with van der Waals surface area (Å²) in [4.78, 5) is 10.8. The molecule has 0 unspecified atom stereocenters. The van der Waals surface area contributed by atoms with E-state index >= 15 is 0 Å². The number of hydrogen-bond donors (Lipinski definition) is 0. The third kappa shape index (κ3) is 6.33.